The molecule has 40 heavy (non-hydrogen) atoms. The standard InChI is InChI=1S/C37H72O3/c1-3-5-7-9-11-13-15-17-18-19-20-21-22-23-24-26-28-30-32-34-36-40-37(38)39-35-33-31-29-27-25-16-14-12-10-8-6-4-2/h17-18H,3-16,19-36H2,1-2H3/b18-17-. The molecule has 0 bridgehead atoms. The summed E-state index contributed by atoms with van der Waals surface area (Å²) >= 11 is 0. The molecule has 0 aliphatic carbocycles. The van der Waals surface area contributed by atoms with Crippen LogP contribution < -0.4 is 0 Å². The molecular formula is C37H72O3. The van der Waals surface area contributed by atoms with E-state index >= 15 is 0 Å². The lowest BCUT2D eigenvalue weighted by Gasteiger charge is -2.07. The van der Waals surface area contributed by atoms with Crippen molar-refractivity contribution in [1.29, 1.82) is 0 Å². The maximum atomic E-state index is 11.7. The first-order chi connectivity index (χ1) is 19.8. The number of hydrogen-bond donors (Lipinski definition) is 0. The lowest BCUT2D eigenvalue weighted by atomic mass is 10.1. The average Bonchev–Trinajstić information content (AvgIpc) is 2.96. The second-order valence-electron chi connectivity index (χ2n) is 12.2. The van der Waals surface area contributed by atoms with Crippen molar-refractivity contribution in [2.24, 2.45) is 0 Å². The van der Waals surface area contributed by atoms with Gasteiger partial charge in [-0.2, -0.15) is 0 Å². The molecular weight excluding hydrogens is 492 g/mol. The largest absolute Gasteiger partial charge is 0.508 e. The summed E-state index contributed by atoms with van der Waals surface area (Å²) in [5, 5.41) is 0. The Morgan fingerprint density at radius 1 is 0.375 bits per heavy atom. The van der Waals surface area contributed by atoms with Gasteiger partial charge >= 0.3 is 6.16 Å². The monoisotopic (exact) mass is 565 g/mol. The minimum absolute atomic E-state index is 0.476. The highest BCUT2D eigenvalue weighted by atomic mass is 16.7. The molecule has 0 fully saturated rings. The normalized spacial score (nSPS) is 11.4. The van der Waals surface area contributed by atoms with E-state index in [1.165, 1.54) is 167 Å². The Labute approximate surface area is 252 Å². The predicted molar refractivity (Wildman–Crippen MR) is 176 cm³/mol. The number of carbonyl (C=O) groups is 1. The second-order valence-corrected chi connectivity index (χ2v) is 12.2. The van der Waals surface area contributed by atoms with Crippen molar-refractivity contribution >= 4 is 6.16 Å². The van der Waals surface area contributed by atoms with Crippen molar-refractivity contribution in [3.05, 3.63) is 12.2 Å². The van der Waals surface area contributed by atoms with Gasteiger partial charge in [0.1, 0.15) is 0 Å². The fraction of sp³-hybridized carbons (Fsp3) is 0.919. The van der Waals surface area contributed by atoms with Gasteiger partial charge in [0, 0.05) is 0 Å². The van der Waals surface area contributed by atoms with E-state index in [1.54, 1.807) is 0 Å². The Balaban J connectivity index is 3.17. The average molecular weight is 565 g/mol. The molecule has 0 radical (unpaired) electrons. The van der Waals surface area contributed by atoms with Crippen LogP contribution in [0.2, 0.25) is 0 Å². The molecule has 0 N–H and O–H groups in total. The van der Waals surface area contributed by atoms with Crippen LogP contribution in [0.4, 0.5) is 4.79 Å². The van der Waals surface area contributed by atoms with E-state index in [9.17, 15) is 4.79 Å². The summed E-state index contributed by atoms with van der Waals surface area (Å²) in [5.41, 5.74) is 0. The molecule has 0 amide bonds. The molecule has 0 unspecified atom stereocenters. The van der Waals surface area contributed by atoms with Gasteiger partial charge in [0.2, 0.25) is 0 Å². The summed E-state index contributed by atoms with van der Waals surface area (Å²) in [6.45, 7) is 5.57. The molecule has 0 spiro atoms. The maximum Gasteiger partial charge on any atom is 0.508 e. The zero-order chi connectivity index (χ0) is 29.0. The first-order valence-corrected chi connectivity index (χ1v) is 18.3. The summed E-state index contributed by atoms with van der Waals surface area (Å²) in [7, 11) is 0. The van der Waals surface area contributed by atoms with Crippen LogP contribution in [-0.4, -0.2) is 19.4 Å². The molecule has 0 aromatic heterocycles. The van der Waals surface area contributed by atoms with E-state index in [2.05, 4.69) is 26.0 Å². The fourth-order valence-electron chi connectivity index (χ4n) is 5.35. The molecule has 0 saturated carbocycles. The number of allylic oxidation sites excluding steroid dienone is 2. The smallest absolute Gasteiger partial charge is 0.434 e. The molecule has 0 aliphatic rings. The maximum absolute atomic E-state index is 11.7. The van der Waals surface area contributed by atoms with Gasteiger partial charge in [0.15, 0.2) is 0 Å². The third kappa shape index (κ3) is 35.0. The number of carbonyl (C=O) groups excluding carboxylic acids is 1. The van der Waals surface area contributed by atoms with Crippen molar-refractivity contribution in [3.63, 3.8) is 0 Å². The molecule has 238 valence electrons. The second kappa shape index (κ2) is 36.0. The first kappa shape index (κ1) is 39.0. The van der Waals surface area contributed by atoms with Crippen molar-refractivity contribution in [1.82, 2.24) is 0 Å². The quantitative estimate of drug-likeness (QED) is 0.0451. The minimum Gasteiger partial charge on any atom is -0.434 e. The molecule has 0 aromatic rings. The van der Waals surface area contributed by atoms with Crippen molar-refractivity contribution in [2.45, 2.75) is 206 Å². The Morgan fingerprint density at radius 2 is 0.625 bits per heavy atom. The van der Waals surface area contributed by atoms with Crippen LogP contribution in [0.15, 0.2) is 12.2 Å². The van der Waals surface area contributed by atoms with Gasteiger partial charge < -0.3 is 9.47 Å². The first-order valence-electron chi connectivity index (χ1n) is 18.3. The number of unbranched alkanes of at least 4 members (excludes halogenated alkanes) is 27. The molecule has 0 rings (SSSR count). The number of ether oxygens (including phenoxy) is 2. The third-order valence-corrected chi connectivity index (χ3v) is 8.09. The van der Waals surface area contributed by atoms with E-state index < -0.39 is 6.16 Å². The van der Waals surface area contributed by atoms with Gasteiger partial charge in [-0.05, 0) is 38.5 Å². The number of rotatable bonds is 33. The predicted octanol–water partition coefficient (Wildman–Crippen LogP) is 13.4. The highest BCUT2D eigenvalue weighted by Gasteiger charge is 2.03. The van der Waals surface area contributed by atoms with Crippen LogP contribution in [0.25, 0.3) is 0 Å². The van der Waals surface area contributed by atoms with Crippen LogP contribution in [0.3, 0.4) is 0 Å². The molecule has 0 saturated heterocycles. The van der Waals surface area contributed by atoms with E-state index in [0.29, 0.717) is 13.2 Å². The third-order valence-electron chi connectivity index (χ3n) is 8.09. The molecule has 0 heterocycles. The lowest BCUT2D eigenvalue weighted by molar-refractivity contribution is 0.0529. The lowest BCUT2D eigenvalue weighted by Crippen LogP contribution is -2.09. The van der Waals surface area contributed by atoms with E-state index in [1.807, 2.05) is 0 Å². The van der Waals surface area contributed by atoms with E-state index in [4.69, 9.17) is 9.47 Å². The van der Waals surface area contributed by atoms with Crippen molar-refractivity contribution in [2.75, 3.05) is 13.2 Å². The Bertz CT molecular complexity index is 502. The summed E-state index contributed by atoms with van der Waals surface area (Å²) in [4.78, 5) is 11.7. The summed E-state index contributed by atoms with van der Waals surface area (Å²) < 4.78 is 10.4. The summed E-state index contributed by atoms with van der Waals surface area (Å²) in [5.74, 6) is 0. The van der Waals surface area contributed by atoms with Crippen LogP contribution >= 0.6 is 0 Å². The van der Waals surface area contributed by atoms with Crippen LogP contribution in [-0.2, 0) is 9.47 Å². The Kier molecular flexibility index (Phi) is 35.1. The fourth-order valence-corrected chi connectivity index (χ4v) is 5.35. The van der Waals surface area contributed by atoms with Gasteiger partial charge in [-0.15, -0.1) is 0 Å². The zero-order valence-corrected chi connectivity index (χ0v) is 27.5. The SMILES string of the molecule is CCCCCCCC/C=C\CCCCCCCCCCCCOC(=O)OCCCCCCCCCCCCCC. The van der Waals surface area contributed by atoms with Crippen LogP contribution in [0.5, 0.6) is 0 Å². The highest BCUT2D eigenvalue weighted by Crippen LogP contribution is 2.14. The zero-order valence-electron chi connectivity index (χ0n) is 27.5. The van der Waals surface area contributed by atoms with Gasteiger partial charge in [0.05, 0.1) is 13.2 Å². The molecule has 3 nitrogen and oxygen atoms in total. The van der Waals surface area contributed by atoms with Crippen molar-refractivity contribution < 1.29 is 14.3 Å². The van der Waals surface area contributed by atoms with Gasteiger partial charge in [-0.25, -0.2) is 4.79 Å². The highest BCUT2D eigenvalue weighted by molar-refractivity contribution is 5.59. The van der Waals surface area contributed by atoms with Gasteiger partial charge in [-0.1, -0.05) is 180 Å². The topological polar surface area (TPSA) is 35.5 Å². The Hall–Kier alpha value is -0.990. The van der Waals surface area contributed by atoms with Gasteiger partial charge in [0.25, 0.3) is 0 Å². The minimum atomic E-state index is -0.476. The van der Waals surface area contributed by atoms with Gasteiger partial charge in [-0.3, -0.25) is 0 Å². The van der Waals surface area contributed by atoms with Crippen LogP contribution in [0.1, 0.15) is 206 Å². The Morgan fingerprint density at radius 3 is 0.925 bits per heavy atom. The number of hydrogen-bond acceptors (Lipinski definition) is 3. The summed E-state index contributed by atoms with van der Waals surface area (Å²) in [6, 6.07) is 0. The molecule has 3 heteroatoms. The van der Waals surface area contributed by atoms with Crippen molar-refractivity contribution in [3.8, 4) is 0 Å². The molecule has 0 aromatic carbocycles. The molecule has 0 atom stereocenters. The van der Waals surface area contributed by atoms with E-state index in [-0.39, 0.29) is 0 Å². The van der Waals surface area contributed by atoms with Crippen LogP contribution in [0, 0.1) is 0 Å². The summed E-state index contributed by atoms with van der Waals surface area (Å²) in [6.07, 6.45) is 44.0. The van der Waals surface area contributed by atoms with E-state index in [0.717, 1.165) is 25.7 Å². The molecule has 0 aliphatic heterocycles.